The highest BCUT2D eigenvalue weighted by Gasteiger charge is 2.42. The Balaban J connectivity index is 2.38. The molecule has 2 amide bonds. The molecule has 21 heavy (non-hydrogen) atoms. The maximum atomic E-state index is 12.5. The molecule has 0 N–H and O–H groups in total. The Morgan fingerprint density at radius 3 is 2.57 bits per heavy atom. The zero-order chi connectivity index (χ0) is 15.8. The van der Waals surface area contributed by atoms with Crippen LogP contribution in [-0.2, 0) is 9.47 Å². The number of carbonyl (C=O) groups is 2. The van der Waals surface area contributed by atoms with Crippen LogP contribution >= 0.6 is 0 Å². The van der Waals surface area contributed by atoms with Gasteiger partial charge in [-0.05, 0) is 39.3 Å². The first-order valence-corrected chi connectivity index (χ1v) is 6.90. The maximum Gasteiger partial charge on any atom is 0.417 e. The van der Waals surface area contributed by atoms with E-state index in [9.17, 15) is 9.59 Å². The summed E-state index contributed by atoms with van der Waals surface area (Å²) < 4.78 is 10.5. The van der Waals surface area contributed by atoms with Gasteiger partial charge in [-0.1, -0.05) is 17.7 Å². The van der Waals surface area contributed by atoms with E-state index in [0.717, 1.165) is 16.0 Å². The molecule has 1 aliphatic heterocycles. The highest BCUT2D eigenvalue weighted by Crippen LogP contribution is 2.35. The summed E-state index contributed by atoms with van der Waals surface area (Å²) in [4.78, 5) is 26.0. The Kier molecular flexibility index (Phi) is 4.05. The summed E-state index contributed by atoms with van der Waals surface area (Å²) >= 11 is 0. The van der Waals surface area contributed by atoms with Crippen LogP contribution in [0.4, 0.5) is 4.79 Å². The number of rotatable bonds is 2. The van der Waals surface area contributed by atoms with Crippen LogP contribution in [0, 0.1) is 6.92 Å². The van der Waals surface area contributed by atoms with Gasteiger partial charge in [-0.3, -0.25) is 4.79 Å². The maximum absolute atomic E-state index is 12.5. The van der Waals surface area contributed by atoms with Crippen molar-refractivity contribution in [3.05, 3.63) is 34.9 Å². The lowest BCUT2D eigenvalue weighted by atomic mass is 10.0. The Bertz CT molecular complexity index is 574. The standard InChI is InChI=1S/C16H21NO4/c1-10-6-7-11-12(8-10)13(9-20-5)17(14(11)18)15(19)21-16(2,3)4/h6-8,13H,9H2,1-5H3. The minimum Gasteiger partial charge on any atom is -0.443 e. The van der Waals surface area contributed by atoms with Gasteiger partial charge in [0.15, 0.2) is 0 Å². The highest BCUT2D eigenvalue weighted by atomic mass is 16.6. The smallest absolute Gasteiger partial charge is 0.417 e. The van der Waals surface area contributed by atoms with Crippen molar-refractivity contribution in [1.29, 1.82) is 0 Å². The van der Waals surface area contributed by atoms with Crippen LogP contribution in [0.2, 0.25) is 0 Å². The fourth-order valence-corrected chi connectivity index (χ4v) is 2.41. The van der Waals surface area contributed by atoms with E-state index in [0.29, 0.717) is 5.56 Å². The van der Waals surface area contributed by atoms with Crippen molar-refractivity contribution < 1.29 is 19.1 Å². The number of hydrogen-bond donors (Lipinski definition) is 0. The molecule has 5 nitrogen and oxygen atoms in total. The van der Waals surface area contributed by atoms with Crippen molar-refractivity contribution in [3.63, 3.8) is 0 Å². The molecule has 114 valence electrons. The van der Waals surface area contributed by atoms with Crippen LogP contribution in [0.3, 0.4) is 0 Å². The highest BCUT2D eigenvalue weighted by molar-refractivity contribution is 6.07. The fourth-order valence-electron chi connectivity index (χ4n) is 2.41. The second-order valence-corrected chi connectivity index (χ2v) is 6.22. The predicted molar refractivity (Wildman–Crippen MR) is 78.2 cm³/mol. The number of aryl methyl sites for hydroxylation is 1. The molecule has 0 saturated heterocycles. The molecule has 1 heterocycles. The molecule has 0 fully saturated rings. The van der Waals surface area contributed by atoms with Gasteiger partial charge in [0.05, 0.1) is 12.6 Å². The summed E-state index contributed by atoms with van der Waals surface area (Å²) in [5.41, 5.74) is 1.73. The lowest BCUT2D eigenvalue weighted by Crippen LogP contribution is -2.40. The van der Waals surface area contributed by atoms with Crippen LogP contribution in [0.25, 0.3) is 0 Å². The third kappa shape index (κ3) is 3.08. The minimum atomic E-state index is -0.653. The molecule has 0 radical (unpaired) electrons. The van der Waals surface area contributed by atoms with Crippen LogP contribution in [0.1, 0.15) is 48.3 Å². The van der Waals surface area contributed by atoms with Crippen molar-refractivity contribution in [2.75, 3.05) is 13.7 Å². The third-order valence-corrected chi connectivity index (χ3v) is 3.24. The molecular weight excluding hydrogens is 270 g/mol. The van der Waals surface area contributed by atoms with Gasteiger partial charge >= 0.3 is 6.09 Å². The molecule has 1 aromatic carbocycles. The number of methoxy groups -OCH3 is 1. The van der Waals surface area contributed by atoms with Gasteiger partial charge in [0, 0.05) is 12.7 Å². The second-order valence-electron chi connectivity index (χ2n) is 6.22. The predicted octanol–water partition coefficient (Wildman–Crippen LogP) is 3.07. The lowest BCUT2D eigenvalue weighted by molar-refractivity contribution is 0.0112. The average molecular weight is 291 g/mol. The van der Waals surface area contributed by atoms with E-state index < -0.39 is 17.7 Å². The van der Waals surface area contributed by atoms with E-state index in [4.69, 9.17) is 9.47 Å². The summed E-state index contributed by atoms with van der Waals surface area (Å²) in [6.45, 7) is 7.52. The number of amides is 2. The molecule has 1 aliphatic rings. The van der Waals surface area contributed by atoms with Gasteiger partial charge in [-0.25, -0.2) is 9.69 Å². The first kappa shape index (κ1) is 15.5. The third-order valence-electron chi connectivity index (χ3n) is 3.24. The van der Waals surface area contributed by atoms with E-state index in [1.165, 1.54) is 0 Å². The summed E-state index contributed by atoms with van der Waals surface area (Å²) in [7, 11) is 1.55. The van der Waals surface area contributed by atoms with E-state index in [1.807, 2.05) is 19.1 Å². The Morgan fingerprint density at radius 1 is 1.33 bits per heavy atom. The number of hydrogen-bond acceptors (Lipinski definition) is 4. The average Bonchev–Trinajstić information content (AvgIpc) is 2.61. The quantitative estimate of drug-likeness (QED) is 0.840. The Morgan fingerprint density at radius 2 is 2.00 bits per heavy atom. The summed E-state index contributed by atoms with van der Waals surface area (Å²) in [6, 6.07) is 5.09. The molecule has 0 spiro atoms. The lowest BCUT2D eigenvalue weighted by Gasteiger charge is -2.27. The molecule has 1 aromatic rings. The van der Waals surface area contributed by atoms with Gasteiger partial charge in [0.2, 0.25) is 0 Å². The molecule has 2 rings (SSSR count). The van der Waals surface area contributed by atoms with Crippen molar-refractivity contribution >= 4 is 12.0 Å². The molecule has 5 heteroatoms. The number of benzene rings is 1. The topological polar surface area (TPSA) is 55.8 Å². The summed E-state index contributed by atoms with van der Waals surface area (Å²) in [5.74, 6) is -0.332. The Hall–Kier alpha value is -1.88. The largest absolute Gasteiger partial charge is 0.443 e. The van der Waals surface area contributed by atoms with Crippen molar-refractivity contribution in [2.24, 2.45) is 0 Å². The molecule has 0 aliphatic carbocycles. The zero-order valence-electron chi connectivity index (χ0n) is 13.1. The van der Waals surface area contributed by atoms with Crippen molar-refractivity contribution in [3.8, 4) is 0 Å². The van der Waals surface area contributed by atoms with E-state index >= 15 is 0 Å². The minimum absolute atomic E-state index is 0.251. The molecule has 0 bridgehead atoms. The summed E-state index contributed by atoms with van der Waals surface area (Å²) in [6.07, 6.45) is -0.636. The van der Waals surface area contributed by atoms with Crippen LogP contribution < -0.4 is 0 Å². The van der Waals surface area contributed by atoms with Gasteiger partial charge in [0.25, 0.3) is 5.91 Å². The second kappa shape index (κ2) is 5.48. The zero-order valence-corrected chi connectivity index (χ0v) is 13.1. The number of fused-ring (bicyclic) bond motifs is 1. The normalized spacial score (nSPS) is 17.9. The molecule has 1 unspecified atom stereocenters. The number of nitrogens with zero attached hydrogens (tertiary/aromatic N) is 1. The number of ether oxygens (including phenoxy) is 2. The molecular formula is C16H21NO4. The van der Waals surface area contributed by atoms with Gasteiger partial charge < -0.3 is 9.47 Å². The summed E-state index contributed by atoms with van der Waals surface area (Å²) in [5, 5.41) is 0. The number of imide groups is 1. The molecule has 0 saturated carbocycles. The van der Waals surface area contributed by atoms with Gasteiger partial charge in [-0.15, -0.1) is 0 Å². The van der Waals surface area contributed by atoms with Crippen LogP contribution in [0.5, 0.6) is 0 Å². The van der Waals surface area contributed by atoms with Gasteiger partial charge in [0.1, 0.15) is 5.60 Å². The van der Waals surface area contributed by atoms with Crippen molar-refractivity contribution in [1.82, 2.24) is 4.90 Å². The van der Waals surface area contributed by atoms with E-state index in [1.54, 1.807) is 33.9 Å². The van der Waals surface area contributed by atoms with Crippen LogP contribution in [-0.4, -0.2) is 36.2 Å². The monoisotopic (exact) mass is 291 g/mol. The molecule has 1 atom stereocenters. The fraction of sp³-hybridized carbons (Fsp3) is 0.500. The SMILES string of the molecule is COCC1c2cc(C)ccc2C(=O)N1C(=O)OC(C)(C)C. The van der Waals surface area contributed by atoms with Gasteiger partial charge in [-0.2, -0.15) is 0 Å². The van der Waals surface area contributed by atoms with E-state index in [-0.39, 0.29) is 12.5 Å². The molecule has 0 aromatic heterocycles. The number of carbonyl (C=O) groups excluding carboxylic acids is 2. The van der Waals surface area contributed by atoms with Crippen LogP contribution in [0.15, 0.2) is 18.2 Å². The first-order chi connectivity index (χ1) is 9.74. The Labute approximate surface area is 124 Å². The van der Waals surface area contributed by atoms with E-state index in [2.05, 4.69) is 0 Å². The first-order valence-electron chi connectivity index (χ1n) is 6.90. The van der Waals surface area contributed by atoms with Crippen molar-refractivity contribution in [2.45, 2.75) is 39.3 Å².